The number of ether oxygens (including phenoxy) is 1. The van der Waals surface area contributed by atoms with Crippen LogP contribution in [-0.2, 0) is 11.2 Å². The van der Waals surface area contributed by atoms with E-state index in [1.165, 1.54) is 11.8 Å². The van der Waals surface area contributed by atoms with Crippen molar-refractivity contribution in [3.05, 3.63) is 53.1 Å². The lowest BCUT2D eigenvalue weighted by Gasteiger charge is -2.32. The summed E-state index contributed by atoms with van der Waals surface area (Å²) in [6.07, 6.45) is 4.92. The Morgan fingerprint density at radius 2 is 2.07 bits per heavy atom. The van der Waals surface area contributed by atoms with E-state index < -0.39 is 5.97 Å². The molecule has 1 aliphatic heterocycles. The number of piperidine rings is 1. The maximum Gasteiger partial charge on any atom is 0.311 e. The number of hydrogen-bond acceptors (Lipinski definition) is 4. The van der Waals surface area contributed by atoms with Gasteiger partial charge in [0.2, 0.25) is 0 Å². The summed E-state index contributed by atoms with van der Waals surface area (Å²) in [4.78, 5) is 29.2. The Morgan fingerprint density at radius 3 is 2.76 bits per heavy atom. The highest BCUT2D eigenvalue weighted by Gasteiger charge is 2.29. The SMILES string of the molecule is COc1ccc2[nH]cc(C3CCN(C(=O)c4c(C)coc4CC(=O)O)CC3)c2c1. The number of aliphatic carboxylic acids is 1. The van der Waals surface area contributed by atoms with E-state index in [1.54, 1.807) is 18.9 Å². The quantitative estimate of drug-likeness (QED) is 0.685. The second-order valence-electron chi connectivity index (χ2n) is 7.51. The number of aryl methyl sites for hydroxylation is 1. The molecule has 1 fully saturated rings. The number of carboxylic acid groups (broad SMARTS) is 1. The van der Waals surface area contributed by atoms with Crippen LogP contribution in [0.25, 0.3) is 10.9 Å². The van der Waals surface area contributed by atoms with Gasteiger partial charge in [-0.3, -0.25) is 9.59 Å². The van der Waals surface area contributed by atoms with E-state index in [2.05, 4.69) is 11.2 Å². The molecule has 3 aromatic rings. The van der Waals surface area contributed by atoms with Gasteiger partial charge in [-0.25, -0.2) is 0 Å². The third kappa shape index (κ3) is 3.60. The van der Waals surface area contributed by atoms with Crippen LogP contribution in [-0.4, -0.2) is 47.1 Å². The number of H-pyrrole nitrogens is 1. The normalized spacial score (nSPS) is 15.0. The van der Waals surface area contributed by atoms with E-state index in [0.29, 0.717) is 30.1 Å². The Hall–Kier alpha value is -3.22. The minimum Gasteiger partial charge on any atom is -0.497 e. The number of amides is 1. The minimum atomic E-state index is -1.01. The number of nitrogens with one attached hydrogen (secondary N) is 1. The predicted octanol–water partition coefficient (Wildman–Crippen LogP) is 3.72. The van der Waals surface area contributed by atoms with E-state index in [4.69, 9.17) is 14.3 Å². The molecule has 2 N–H and O–H groups in total. The van der Waals surface area contributed by atoms with Crippen molar-refractivity contribution in [3.8, 4) is 5.75 Å². The van der Waals surface area contributed by atoms with Gasteiger partial charge in [-0.05, 0) is 49.4 Å². The number of rotatable bonds is 5. The van der Waals surface area contributed by atoms with Crippen LogP contribution >= 0.6 is 0 Å². The molecule has 0 atom stereocenters. The van der Waals surface area contributed by atoms with Crippen LogP contribution in [0.4, 0.5) is 0 Å². The van der Waals surface area contributed by atoms with Crippen molar-refractivity contribution in [3.63, 3.8) is 0 Å². The van der Waals surface area contributed by atoms with Crippen LogP contribution < -0.4 is 4.74 Å². The second-order valence-corrected chi connectivity index (χ2v) is 7.51. The summed E-state index contributed by atoms with van der Waals surface area (Å²) in [5.74, 6) is 0.246. The lowest BCUT2D eigenvalue weighted by atomic mass is 9.89. The number of carbonyl (C=O) groups is 2. The van der Waals surface area contributed by atoms with E-state index >= 15 is 0 Å². The molecule has 1 aromatic carbocycles. The Bertz CT molecular complexity index is 1060. The summed E-state index contributed by atoms with van der Waals surface area (Å²) >= 11 is 0. The fourth-order valence-electron chi connectivity index (χ4n) is 4.19. The third-order valence-corrected chi connectivity index (χ3v) is 5.72. The van der Waals surface area contributed by atoms with E-state index in [-0.39, 0.29) is 18.1 Å². The first-order valence-electron chi connectivity index (χ1n) is 9.71. The number of carbonyl (C=O) groups excluding carboxylic acids is 1. The standard InChI is InChI=1S/C22H24N2O5/c1-13-12-29-19(10-20(25)26)21(13)22(27)24-7-5-14(6-8-24)17-11-23-18-4-3-15(28-2)9-16(17)18/h3-4,9,11-12,14,23H,5-8,10H2,1-2H3,(H,25,26). The van der Waals surface area contributed by atoms with Crippen LogP contribution in [0.2, 0.25) is 0 Å². The van der Waals surface area contributed by atoms with Gasteiger partial charge in [0.15, 0.2) is 0 Å². The topological polar surface area (TPSA) is 95.8 Å². The molecule has 1 saturated heterocycles. The summed E-state index contributed by atoms with van der Waals surface area (Å²) in [6, 6.07) is 6.00. The molecule has 3 heterocycles. The number of carboxylic acids is 1. The zero-order valence-corrected chi connectivity index (χ0v) is 16.5. The van der Waals surface area contributed by atoms with Crippen molar-refractivity contribution < 1.29 is 23.8 Å². The van der Waals surface area contributed by atoms with E-state index in [9.17, 15) is 9.59 Å². The molecule has 0 spiro atoms. The summed E-state index contributed by atoms with van der Waals surface area (Å²) in [5, 5.41) is 10.2. The molecular formula is C22H24N2O5. The first-order valence-corrected chi connectivity index (χ1v) is 9.71. The van der Waals surface area contributed by atoms with Gasteiger partial charge < -0.3 is 24.1 Å². The van der Waals surface area contributed by atoms with Crippen molar-refractivity contribution in [2.45, 2.75) is 32.1 Å². The lowest BCUT2D eigenvalue weighted by Crippen LogP contribution is -2.38. The number of aromatic nitrogens is 1. The number of aromatic amines is 1. The van der Waals surface area contributed by atoms with Crippen LogP contribution in [0.3, 0.4) is 0 Å². The van der Waals surface area contributed by atoms with Gasteiger partial charge in [0.25, 0.3) is 5.91 Å². The molecule has 4 rings (SSSR count). The smallest absolute Gasteiger partial charge is 0.311 e. The molecule has 1 amide bonds. The van der Waals surface area contributed by atoms with Crippen LogP contribution in [0, 0.1) is 6.92 Å². The lowest BCUT2D eigenvalue weighted by molar-refractivity contribution is -0.136. The molecule has 152 valence electrons. The molecule has 29 heavy (non-hydrogen) atoms. The summed E-state index contributed by atoms with van der Waals surface area (Å²) in [7, 11) is 1.66. The molecule has 2 aromatic heterocycles. The average molecular weight is 396 g/mol. The number of furan rings is 1. The highest BCUT2D eigenvalue weighted by atomic mass is 16.5. The van der Waals surface area contributed by atoms with Gasteiger partial charge in [-0.2, -0.15) is 0 Å². The Balaban J connectivity index is 1.50. The molecule has 7 nitrogen and oxygen atoms in total. The molecule has 0 bridgehead atoms. The zero-order chi connectivity index (χ0) is 20.5. The Morgan fingerprint density at radius 1 is 1.31 bits per heavy atom. The fraction of sp³-hybridized carbons (Fsp3) is 0.364. The highest BCUT2D eigenvalue weighted by Crippen LogP contribution is 2.35. The van der Waals surface area contributed by atoms with Crippen LogP contribution in [0.15, 0.2) is 35.1 Å². The fourth-order valence-corrected chi connectivity index (χ4v) is 4.19. The number of nitrogens with zero attached hydrogens (tertiary/aromatic N) is 1. The molecule has 0 radical (unpaired) electrons. The maximum absolute atomic E-state index is 13.0. The number of likely N-dealkylation sites (tertiary alicyclic amines) is 1. The van der Waals surface area contributed by atoms with Gasteiger partial charge >= 0.3 is 5.97 Å². The number of hydrogen-bond donors (Lipinski definition) is 2. The highest BCUT2D eigenvalue weighted by molar-refractivity contribution is 5.97. The summed E-state index contributed by atoms with van der Waals surface area (Å²) in [5.41, 5.74) is 3.39. The predicted molar refractivity (Wildman–Crippen MR) is 108 cm³/mol. The number of benzene rings is 1. The van der Waals surface area contributed by atoms with Gasteiger partial charge in [0, 0.05) is 35.8 Å². The molecule has 0 unspecified atom stereocenters. The number of methoxy groups -OCH3 is 1. The van der Waals surface area contributed by atoms with Gasteiger partial charge in [0.05, 0.1) is 18.9 Å². The molecule has 0 aliphatic carbocycles. The van der Waals surface area contributed by atoms with Crippen LogP contribution in [0.1, 0.15) is 46.0 Å². The molecule has 1 aliphatic rings. The first-order chi connectivity index (χ1) is 14.0. The molecule has 7 heteroatoms. The molecule has 0 saturated carbocycles. The average Bonchev–Trinajstić information content (AvgIpc) is 3.30. The number of fused-ring (bicyclic) bond motifs is 1. The van der Waals surface area contributed by atoms with Gasteiger partial charge in [-0.1, -0.05) is 0 Å². The van der Waals surface area contributed by atoms with Crippen molar-refractivity contribution in [1.82, 2.24) is 9.88 Å². The van der Waals surface area contributed by atoms with E-state index in [1.807, 2.05) is 18.2 Å². The first kappa shape index (κ1) is 19.1. The largest absolute Gasteiger partial charge is 0.497 e. The summed E-state index contributed by atoms with van der Waals surface area (Å²) in [6.45, 7) is 3.02. The van der Waals surface area contributed by atoms with Crippen molar-refractivity contribution in [1.29, 1.82) is 0 Å². The van der Waals surface area contributed by atoms with Crippen LogP contribution in [0.5, 0.6) is 5.75 Å². The summed E-state index contributed by atoms with van der Waals surface area (Å²) < 4.78 is 10.7. The van der Waals surface area contributed by atoms with Crippen molar-refractivity contribution >= 4 is 22.8 Å². The van der Waals surface area contributed by atoms with E-state index in [0.717, 1.165) is 29.5 Å². The van der Waals surface area contributed by atoms with Gasteiger partial charge in [-0.15, -0.1) is 0 Å². The Kier molecular flexibility index (Phi) is 5.05. The second kappa shape index (κ2) is 7.66. The molecular weight excluding hydrogens is 372 g/mol. The third-order valence-electron chi connectivity index (χ3n) is 5.72. The van der Waals surface area contributed by atoms with Crippen molar-refractivity contribution in [2.75, 3.05) is 20.2 Å². The minimum absolute atomic E-state index is 0.147. The monoisotopic (exact) mass is 396 g/mol. The van der Waals surface area contributed by atoms with Gasteiger partial charge in [0.1, 0.15) is 17.9 Å². The zero-order valence-electron chi connectivity index (χ0n) is 16.5. The van der Waals surface area contributed by atoms with Crippen molar-refractivity contribution in [2.24, 2.45) is 0 Å². The maximum atomic E-state index is 13.0. The Labute approximate surface area is 168 Å².